The van der Waals surface area contributed by atoms with E-state index in [1.807, 2.05) is 12.1 Å². The van der Waals surface area contributed by atoms with Gasteiger partial charge in [0.1, 0.15) is 0 Å². The second-order valence-electron chi connectivity index (χ2n) is 3.87. The maximum atomic E-state index is 10.7. The Hall–Kier alpha value is -1.97. The summed E-state index contributed by atoms with van der Waals surface area (Å²) >= 11 is 0. The molecular formula is C13H14O4. The number of fused-ring (bicyclic) bond motifs is 1. The van der Waals surface area contributed by atoms with Gasteiger partial charge in [0.05, 0.1) is 14.2 Å². The van der Waals surface area contributed by atoms with E-state index in [1.54, 1.807) is 14.2 Å². The molecule has 1 aliphatic rings. The van der Waals surface area contributed by atoms with Gasteiger partial charge in [0.2, 0.25) is 0 Å². The number of allylic oxidation sites excluding steroid dienone is 1. The lowest BCUT2D eigenvalue weighted by Gasteiger charge is -2.10. The average Bonchev–Trinajstić information content (AvgIpc) is 2.69. The van der Waals surface area contributed by atoms with Gasteiger partial charge in [-0.3, -0.25) is 0 Å². The zero-order valence-corrected chi connectivity index (χ0v) is 9.82. The van der Waals surface area contributed by atoms with E-state index in [0.717, 1.165) is 29.5 Å². The van der Waals surface area contributed by atoms with Crippen molar-refractivity contribution in [3.8, 4) is 11.5 Å². The minimum Gasteiger partial charge on any atom is -0.493 e. The number of aliphatic carboxylic acids is 1. The van der Waals surface area contributed by atoms with E-state index >= 15 is 0 Å². The lowest BCUT2D eigenvalue weighted by molar-refractivity contribution is -0.131. The maximum absolute atomic E-state index is 10.7. The molecule has 0 saturated heterocycles. The van der Waals surface area contributed by atoms with Gasteiger partial charge < -0.3 is 14.6 Å². The Morgan fingerprint density at radius 2 is 1.88 bits per heavy atom. The largest absolute Gasteiger partial charge is 0.493 e. The third kappa shape index (κ3) is 2.11. The Kier molecular flexibility index (Phi) is 3.04. The van der Waals surface area contributed by atoms with E-state index in [-0.39, 0.29) is 0 Å². The first-order valence-corrected chi connectivity index (χ1v) is 5.34. The Morgan fingerprint density at radius 3 is 2.47 bits per heavy atom. The van der Waals surface area contributed by atoms with Gasteiger partial charge in [0.25, 0.3) is 0 Å². The molecule has 0 fully saturated rings. The lowest BCUT2D eigenvalue weighted by atomic mass is 10.1. The van der Waals surface area contributed by atoms with Crippen molar-refractivity contribution in [2.45, 2.75) is 12.8 Å². The number of benzene rings is 1. The highest BCUT2D eigenvalue weighted by molar-refractivity contribution is 5.92. The van der Waals surface area contributed by atoms with Gasteiger partial charge >= 0.3 is 5.97 Å². The van der Waals surface area contributed by atoms with E-state index in [9.17, 15) is 4.79 Å². The number of aryl methyl sites for hydroxylation is 1. The summed E-state index contributed by atoms with van der Waals surface area (Å²) in [4.78, 5) is 10.7. The van der Waals surface area contributed by atoms with E-state index in [1.165, 1.54) is 6.08 Å². The molecule has 1 aromatic carbocycles. The van der Waals surface area contributed by atoms with Crippen molar-refractivity contribution in [3.05, 3.63) is 29.3 Å². The van der Waals surface area contributed by atoms with Crippen molar-refractivity contribution in [3.63, 3.8) is 0 Å². The average molecular weight is 234 g/mol. The molecule has 2 rings (SSSR count). The zero-order valence-electron chi connectivity index (χ0n) is 9.82. The third-order valence-corrected chi connectivity index (χ3v) is 2.92. The van der Waals surface area contributed by atoms with Crippen molar-refractivity contribution in [1.82, 2.24) is 0 Å². The number of ether oxygens (including phenoxy) is 2. The topological polar surface area (TPSA) is 55.8 Å². The van der Waals surface area contributed by atoms with Crippen LogP contribution in [0.1, 0.15) is 17.5 Å². The second kappa shape index (κ2) is 4.49. The Balaban J connectivity index is 2.50. The van der Waals surface area contributed by atoms with Gasteiger partial charge in [-0.15, -0.1) is 0 Å². The number of carboxylic acids is 1. The van der Waals surface area contributed by atoms with Crippen molar-refractivity contribution in [2.24, 2.45) is 0 Å². The molecule has 0 spiro atoms. The van der Waals surface area contributed by atoms with E-state index < -0.39 is 5.97 Å². The summed E-state index contributed by atoms with van der Waals surface area (Å²) in [7, 11) is 3.16. The molecule has 0 heterocycles. The highest BCUT2D eigenvalue weighted by Crippen LogP contribution is 2.39. The Labute approximate surface area is 99.5 Å². The molecule has 0 saturated carbocycles. The van der Waals surface area contributed by atoms with Crippen LogP contribution in [0.2, 0.25) is 0 Å². The molecule has 0 aromatic heterocycles. The minimum atomic E-state index is -0.914. The quantitative estimate of drug-likeness (QED) is 0.814. The van der Waals surface area contributed by atoms with E-state index in [0.29, 0.717) is 11.5 Å². The Morgan fingerprint density at radius 1 is 1.24 bits per heavy atom. The molecule has 0 unspecified atom stereocenters. The predicted octanol–water partition coefficient (Wildman–Crippen LogP) is 2.12. The van der Waals surface area contributed by atoms with Crippen LogP contribution in [0.3, 0.4) is 0 Å². The van der Waals surface area contributed by atoms with Gasteiger partial charge in [-0.05, 0) is 41.7 Å². The van der Waals surface area contributed by atoms with E-state index in [4.69, 9.17) is 14.6 Å². The SMILES string of the molecule is COc1cc2c(cc1OC)/C(=C\C(=O)O)CC2. The molecule has 0 bridgehead atoms. The van der Waals surface area contributed by atoms with Crippen molar-refractivity contribution >= 4 is 11.5 Å². The van der Waals surface area contributed by atoms with Gasteiger partial charge in [-0.25, -0.2) is 4.79 Å². The molecule has 4 nitrogen and oxygen atoms in total. The molecule has 17 heavy (non-hydrogen) atoms. The number of methoxy groups -OCH3 is 2. The van der Waals surface area contributed by atoms with Gasteiger partial charge in [-0.2, -0.15) is 0 Å². The predicted molar refractivity (Wildman–Crippen MR) is 63.5 cm³/mol. The van der Waals surface area contributed by atoms with Crippen LogP contribution in [-0.2, 0) is 11.2 Å². The maximum Gasteiger partial charge on any atom is 0.328 e. The first-order chi connectivity index (χ1) is 8.15. The molecule has 1 N–H and O–H groups in total. The fourth-order valence-corrected chi connectivity index (χ4v) is 2.13. The van der Waals surface area contributed by atoms with Crippen LogP contribution < -0.4 is 9.47 Å². The minimum absolute atomic E-state index is 0.629. The number of carbonyl (C=O) groups is 1. The first kappa shape index (κ1) is 11.5. The first-order valence-electron chi connectivity index (χ1n) is 5.34. The van der Waals surface area contributed by atoms with Crippen LogP contribution in [0.4, 0.5) is 0 Å². The fourth-order valence-electron chi connectivity index (χ4n) is 2.13. The molecule has 0 amide bonds. The molecule has 90 valence electrons. The molecule has 0 aliphatic heterocycles. The molecule has 1 aliphatic carbocycles. The summed E-state index contributed by atoms with van der Waals surface area (Å²) in [5, 5.41) is 8.79. The third-order valence-electron chi connectivity index (χ3n) is 2.92. The number of rotatable bonds is 3. The number of hydrogen-bond acceptors (Lipinski definition) is 3. The Bertz CT molecular complexity index is 488. The summed E-state index contributed by atoms with van der Waals surface area (Å²) in [6.45, 7) is 0. The molecule has 0 radical (unpaired) electrons. The van der Waals surface area contributed by atoms with Crippen molar-refractivity contribution < 1.29 is 19.4 Å². The molecule has 4 heteroatoms. The van der Waals surface area contributed by atoms with Crippen molar-refractivity contribution in [2.75, 3.05) is 14.2 Å². The summed E-state index contributed by atoms with van der Waals surface area (Å²) in [5.74, 6) is 0.398. The van der Waals surface area contributed by atoms with Crippen molar-refractivity contribution in [1.29, 1.82) is 0 Å². The molecule has 0 atom stereocenters. The molecular weight excluding hydrogens is 220 g/mol. The number of carboxylic acid groups (broad SMARTS) is 1. The number of hydrogen-bond donors (Lipinski definition) is 1. The van der Waals surface area contributed by atoms with Crippen LogP contribution in [0, 0.1) is 0 Å². The standard InChI is InChI=1S/C13H14O4/c1-16-11-5-8-3-4-9(6-13(14)15)10(8)7-12(11)17-2/h5-7H,3-4H2,1-2H3,(H,14,15)/b9-6-. The monoisotopic (exact) mass is 234 g/mol. The smallest absolute Gasteiger partial charge is 0.328 e. The summed E-state index contributed by atoms with van der Waals surface area (Å²) < 4.78 is 10.4. The van der Waals surface area contributed by atoms with Gasteiger partial charge in [0, 0.05) is 6.08 Å². The molecule has 1 aromatic rings. The van der Waals surface area contributed by atoms with E-state index in [2.05, 4.69) is 0 Å². The summed E-state index contributed by atoms with van der Waals surface area (Å²) in [5.41, 5.74) is 2.90. The highest BCUT2D eigenvalue weighted by Gasteiger charge is 2.20. The van der Waals surface area contributed by atoms with Crippen LogP contribution in [-0.4, -0.2) is 25.3 Å². The second-order valence-corrected chi connectivity index (χ2v) is 3.87. The summed E-state index contributed by atoms with van der Waals surface area (Å²) in [6, 6.07) is 3.76. The van der Waals surface area contributed by atoms with Crippen LogP contribution in [0.25, 0.3) is 5.57 Å². The van der Waals surface area contributed by atoms with Gasteiger partial charge in [0.15, 0.2) is 11.5 Å². The van der Waals surface area contributed by atoms with Crippen LogP contribution in [0.5, 0.6) is 11.5 Å². The van der Waals surface area contributed by atoms with Crippen LogP contribution >= 0.6 is 0 Å². The van der Waals surface area contributed by atoms with Crippen LogP contribution in [0.15, 0.2) is 18.2 Å². The highest BCUT2D eigenvalue weighted by atomic mass is 16.5. The lowest BCUT2D eigenvalue weighted by Crippen LogP contribution is -1.94. The normalized spacial score (nSPS) is 15.8. The summed E-state index contributed by atoms with van der Waals surface area (Å²) in [6.07, 6.45) is 2.85. The zero-order chi connectivity index (χ0) is 12.4. The van der Waals surface area contributed by atoms with Gasteiger partial charge in [-0.1, -0.05) is 0 Å². The fraction of sp³-hybridized carbons (Fsp3) is 0.308.